The van der Waals surface area contributed by atoms with Gasteiger partial charge in [0, 0.05) is 29.3 Å². The van der Waals surface area contributed by atoms with Crippen LogP contribution in [0.1, 0.15) is 41.7 Å². The second kappa shape index (κ2) is 8.74. The van der Waals surface area contributed by atoms with Crippen LogP contribution in [0, 0.1) is 23.5 Å². The Morgan fingerprint density at radius 2 is 1.91 bits per heavy atom. The molecule has 188 valence electrons. The highest BCUT2D eigenvalue weighted by molar-refractivity contribution is 5.97. The van der Waals surface area contributed by atoms with Gasteiger partial charge in [0.2, 0.25) is 5.82 Å². The lowest BCUT2D eigenvalue weighted by Crippen LogP contribution is -2.49. The average Bonchev–Trinajstić information content (AvgIpc) is 3.57. The standard InChI is InChI=1S/C23H22F5N3O4/c1-22(23(26,27)28)16(10-3-4-10)15(12-5-6-13(24)17(25)18(12)34-2)19(35-22)21(33)31-11-7-8-30-14(9-11)20(29)32/h5-10,15-16,19H,3-4H2,1-2H3,(H2,29,32)(H,30,31,33)/t15-,16+,19-,22-/m1/s1. The van der Waals surface area contributed by atoms with Crippen LogP contribution in [0.4, 0.5) is 27.6 Å². The number of amides is 2. The number of primary amides is 1. The number of nitrogens with one attached hydrogen (secondary N) is 1. The zero-order valence-corrected chi connectivity index (χ0v) is 18.7. The van der Waals surface area contributed by atoms with E-state index in [0.717, 1.165) is 32.2 Å². The summed E-state index contributed by atoms with van der Waals surface area (Å²) in [5.74, 6) is -8.09. The molecule has 2 fully saturated rings. The van der Waals surface area contributed by atoms with Crippen LogP contribution in [-0.2, 0) is 9.53 Å². The largest absolute Gasteiger partial charge is 0.493 e. The lowest BCUT2D eigenvalue weighted by atomic mass is 9.73. The number of hydrogen-bond donors (Lipinski definition) is 2. The molecule has 2 amide bonds. The first kappa shape index (κ1) is 24.8. The summed E-state index contributed by atoms with van der Waals surface area (Å²) in [6, 6.07) is 4.36. The SMILES string of the molecule is COc1c([C@H]2[C@H](C(=O)Nc3ccnc(C(N)=O)c3)O[C@@](C)(C(F)(F)F)[C@H]2C2CC2)ccc(F)c1F. The van der Waals surface area contributed by atoms with Gasteiger partial charge in [0.05, 0.1) is 7.11 Å². The van der Waals surface area contributed by atoms with Crippen molar-refractivity contribution in [3.63, 3.8) is 0 Å². The normalized spacial score (nSPS) is 26.4. The fourth-order valence-corrected chi connectivity index (χ4v) is 4.85. The van der Waals surface area contributed by atoms with E-state index < -0.39 is 64.8 Å². The minimum absolute atomic E-state index is 0.0435. The Bertz CT molecular complexity index is 1170. The molecule has 2 aliphatic rings. The maximum atomic E-state index is 14.6. The van der Waals surface area contributed by atoms with Gasteiger partial charge in [-0.1, -0.05) is 6.07 Å². The molecule has 7 nitrogen and oxygen atoms in total. The minimum atomic E-state index is -4.87. The number of rotatable bonds is 6. The first-order valence-corrected chi connectivity index (χ1v) is 10.7. The molecule has 12 heteroatoms. The first-order valence-electron chi connectivity index (χ1n) is 10.7. The molecule has 1 aliphatic carbocycles. The lowest BCUT2D eigenvalue weighted by molar-refractivity contribution is -0.275. The van der Waals surface area contributed by atoms with Gasteiger partial charge in [-0.2, -0.15) is 17.6 Å². The predicted octanol–water partition coefficient (Wildman–Crippen LogP) is 3.94. The second-order valence-electron chi connectivity index (χ2n) is 8.80. The number of nitrogens with zero attached hydrogens (tertiary/aromatic N) is 1. The number of halogens is 5. The molecule has 4 rings (SSSR count). The van der Waals surface area contributed by atoms with Gasteiger partial charge in [-0.25, -0.2) is 4.39 Å². The fourth-order valence-electron chi connectivity index (χ4n) is 4.85. The number of carbonyl (C=O) groups is 2. The Hall–Kier alpha value is -3.28. The van der Waals surface area contributed by atoms with Crippen molar-refractivity contribution in [3.05, 3.63) is 53.4 Å². The average molecular weight is 499 g/mol. The molecule has 0 spiro atoms. The van der Waals surface area contributed by atoms with Gasteiger partial charge < -0.3 is 20.5 Å². The molecule has 0 radical (unpaired) electrons. The number of methoxy groups -OCH3 is 1. The quantitative estimate of drug-likeness (QED) is 0.587. The summed E-state index contributed by atoms with van der Waals surface area (Å²) in [5.41, 5.74) is 2.21. The van der Waals surface area contributed by atoms with Gasteiger partial charge in [-0.05, 0) is 43.9 Å². The van der Waals surface area contributed by atoms with Crippen LogP contribution in [0.5, 0.6) is 5.75 Å². The predicted molar refractivity (Wildman–Crippen MR) is 113 cm³/mol. The van der Waals surface area contributed by atoms with E-state index in [0.29, 0.717) is 12.8 Å². The maximum Gasteiger partial charge on any atom is 0.417 e. The highest BCUT2D eigenvalue weighted by atomic mass is 19.4. The molecule has 0 bridgehead atoms. The molecule has 35 heavy (non-hydrogen) atoms. The van der Waals surface area contributed by atoms with E-state index in [1.165, 1.54) is 12.3 Å². The number of hydrogen-bond acceptors (Lipinski definition) is 5. The third kappa shape index (κ3) is 4.30. The highest BCUT2D eigenvalue weighted by Gasteiger charge is 2.70. The van der Waals surface area contributed by atoms with Crippen molar-refractivity contribution in [2.75, 3.05) is 12.4 Å². The van der Waals surface area contributed by atoms with E-state index in [1.54, 1.807) is 0 Å². The Morgan fingerprint density at radius 1 is 1.23 bits per heavy atom. The number of nitrogens with two attached hydrogens (primary N) is 1. The summed E-state index contributed by atoms with van der Waals surface area (Å²) in [6.07, 6.45) is -4.49. The van der Waals surface area contributed by atoms with Crippen molar-refractivity contribution in [1.82, 2.24) is 4.98 Å². The van der Waals surface area contributed by atoms with E-state index in [-0.39, 0.29) is 16.9 Å². The van der Waals surface area contributed by atoms with Crippen LogP contribution in [-0.4, -0.2) is 41.8 Å². The summed E-state index contributed by atoms with van der Waals surface area (Å²) < 4.78 is 81.9. The lowest BCUT2D eigenvalue weighted by Gasteiger charge is -2.34. The van der Waals surface area contributed by atoms with Gasteiger partial charge in [0.1, 0.15) is 11.8 Å². The number of ether oxygens (including phenoxy) is 2. The molecule has 1 saturated carbocycles. The van der Waals surface area contributed by atoms with Crippen LogP contribution < -0.4 is 15.8 Å². The number of alkyl halides is 3. The molecule has 2 aromatic rings. The summed E-state index contributed by atoms with van der Waals surface area (Å²) in [5, 5.41) is 2.42. The van der Waals surface area contributed by atoms with Gasteiger partial charge >= 0.3 is 6.18 Å². The van der Waals surface area contributed by atoms with Crippen LogP contribution in [0.15, 0.2) is 30.5 Å². The zero-order valence-electron chi connectivity index (χ0n) is 18.7. The van der Waals surface area contributed by atoms with Gasteiger partial charge in [-0.15, -0.1) is 0 Å². The molecule has 1 aromatic carbocycles. The number of benzene rings is 1. The fraction of sp³-hybridized carbons (Fsp3) is 0.435. The van der Waals surface area contributed by atoms with Crippen molar-refractivity contribution in [2.24, 2.45) is 17.6 Å². The third-order valence-electron chi connectivity index (χ3n) is 6.60. The van der Waals surface area contributed by atoms with Crippen LogP contribution >= 0.6 is 0 Å². The number of aromatic nitrogens is 1. The second-order valence-corrected chi connectivity index (χ2v) is 8.80. The summed E-state index contributed by atoms with van der Waals surface area (Å²) in [6.45, 7) is 0.861. The first-order chi connectivity index (χ1) is 16.4. The Labute approximate surface area is 196 Å². The number of anilines is 1. The summed E-state index contributed by atoms with van der Waals surface area (Å²) >= 11 is 0. The smallest absolute Gasteiger partial charge is 0.417 e. The van der Waals surface area contributed by atoms with E-state index in [1.807, 2.05) is 0 Å². The molecule has 4 atom stereocenters. The van der Waals surface area contributed by atoms with Crippen molar-refractivity contribution in [2.45, 2.75) is 43.6 Å². The summed E-state index contributed by atoms with van der Waals surface area (Å²) in [7, 11) is 1.06. The monoisotopic (exact) mass is 499 g/mol. The van der Waals surface area contributed by atoms with Crippen LogP contribution in [0.25, 0.3) is 0 Å². The number of pyridine rings is 1. The summed E-state index contributed by atoms with van der Waals surface area (Å²) in [4.78, 5) is 28.4. The van der Waals surface area contributed by atoms with Crippen molar-refractivity contribution in [3.8, 4) is 5.75 Å². The highest BCUT2D eigenvalue weighted by Crippen LogP contribution is 2.62. The topological polar surface area (TPSA) is 104 Å². The zero-order chi connectivity index (χ0) is 25.7. The van der Waals surface area contributed by atoms with Crippen molar-refractivity contribution in [1.29, 1.82) is 0 Å². The van der Waals surface area contributed by atoms with E-state index >= 15 is 0 Å². The number of carbonyl (C=O) groups excluding carboxylic acids is 2. The molecular weight excluding hydrogens is 477 g/mol. The molecule has 2 heterocycles. The van der Waals surface area contributed by atoms with Gasteiger partial charge in [-0.3, -0.25) is 14.6 Å². The molecule has 0 unspecified atom stereocenters. The van der Waals surface area contributed by atoms with E-state index in [2.05, 4.69) is 10.3 Å². The molecule has 1 aliphatic heterocycles. The van der Waals surface area contributed by atoms with Crippen molar-refractivity contribution < 1.29 is 41.0 Å². The van der Waals surface area contributed by atoms with Gasteiger partial charge in [0.25, 0.3) is 11.8 Å². The molecule has 1 saturated heterocycles. The molecule has 3 N–H and O–H groups in total. The minimum Gasteiger partial charge on any atom is -0.493 e. The third-order valence-corrected chi connectivity index (χ3v) is 6.60. The van der Waals surface area contributed by atoms with E-state index in [4.69, 9.17) is 15.2 Å². The Kier molecular flexibility index (Phi) is 6.20. The molecule has 1 aromatic heterocycles. The Balaban J connectivity index is 1.81. The van der Waals surface area contributed by atoms with Crippen LogP contribution in [0.3, 0.4) is 0 Å². The van der Waals surface area contributed by atoms with Crippen LogP contribution in [0.2, 0.25) is 0 Å². The Morgan fingerprint density at radius 3 is 2.49 bits per heavy atom. The van der Waals surface area contributed by atoms with Crippen molar-refractivity contribution >= 4 is 17.5 Å². The van der Waals surface area contributed by atoms with Gasteiger partial charge in [0.15, 0.2) is 17.2 Å². The molecular formula is C23H22F5N3O4. The van der Waals surface area contributed by atoms with E-state index in [9.17, 15) is 31.5 Å². The maximum absolute atomic E-state index is 14.6.